The molecule has 3 rings (SSSR count). The Labute approximate surface area is 147 Å². The molecule has 1 aromatic carbocycles. The van der Waals surface area contributed by atoms with Crippen LogP contribution in [0.5, 0.6) is 0 Å². The SMILES string of the molecule is C=CNC(=NC1CCc2nc(N)sc2C1)c1ccc(CC)cc1C. The summed E-state index contributed by atoms with van der Waals surface area (Å²) in [7, 11) is 0. The van der Waals surface area contributed by atoms with Crippen molar-refractivity contribution in [3.63, 3.8) is 0 Å². The molecule has 0 saturated heterocycles. The zero-order valence-corrected chi connectivity index (χ0v) is 15.1. The Hall–Kier alpha value is -2.14. The first-order chi connectivity index (χ1) is 11.6. The smallest absolute Gasteiger partial charge is 0.180 e. The number of fused-ring (bicyclic) bond motifs is 1. The van der Waals surface area contributed by atoms with Gasteiger partial charge in [0.2, 0.25) is 0 Å². The Morgan fingerprint density at radius 1 is 1.54 bits per heavy atom. The molecule has 2 aromatic rings. The second-order valence-electron chi connectivity index (χ2n) is 6.15. The van der Waals surface area contributed by atoms with Crippen LogP contribution in [0, 0.1) is 6.92 Å². The van der Waals surface area contributed by atoms with Gasteiger partial charge < -0.3 is 11.1 Å². The van der Waals surface area contributed by atoms with Crippen LogP contribution in [0.4, 0.5) is 5.13 Å². The molecule has 1 aliphatic carbocycles. The molecule has 5 heteroatoms. The van der Waals surface area contributed by atoms with Crippen molar-refractivity contribution in [2.75, 3.05) is 5.73 Å². The molecule has 0 bridgehead atoms. The van der Waals surface area contributed by atoms with Crippen molar-refractivity contribution in [3.8, 4) is 0 Å². The van der Waals surface area contributed by atoms with Crippen LogP contribution in [0.3, 0.4) is 0 Å². The highest BCUT2D eigenvalue weighted by Crippen LogP contribution is 2.29. The normalized spacial score (nSPS) is 17.4. The topological polar surface area (TPSA) is 63.3 Å². The monoisotopic (exact) mass is 340 g/mol. The third kappa shape index (κ3) is 3.51. The summed E-state index contributed by atoms with van der Waals surface area (Å²) in [6.45, 7) is 8.11. The number of nitrogen functional groups attached to an aromatic ring is 1. The summed E-state index contributed by atoms with van der Waals surface area (Å²) in [6, 6.07) is 6.82. The van der Waals surface area contributed by atoms with Crippen LogP contribution in [0.1, 0.15) is 40.6 Å². The summed E-state index contributed by atoms with van der Waals surface area (Å²) in [4.78, 5) is 10.7. The minimum absolute atomic E-state index is 0.255. The first-order valence-corrected chi connectivity index (χ1v) is 9.21. The molecule has 0 aliphatic heterocycles. The predicted molar refractivity (Wildman–Crippen MR) is 103 cm³/mol. The number of aliphatic imine (C=N–C) groups is 1. The van der Waals surface area contributed by atoms with Gasteiger partial charge in [-0.25, -0.2) is 4.98 Å². The summed E-state index contributed by atoms with van der Waals surface area (Å²) in [5, 5.41) is 3.90. The van der Waals surface area contributed by atoms with Gasteiger partial charge in [-0.3, -0.25) is 4.99 Å². The molecule has 1 aromatic heterocycles. The van der Waals surface area contributed by atoms with Crippen LogP contribution in [0.15, 0.2) is 36.0 Å². The standard InChI is InChI=1S/C19H24N4S/c1-4-13-6-8-15(12(3)10-13)18(21-5-2)22-14-7-9-16-17(11-14)24-19(20)23-16/h5-6,8,10,14H,2,4,7,9,11H2,1,3H3,(H2,20,23)(H,21,22). The van der Waals surface area contributed by atoms with E-state index in [2.05, 4.69) is 48.9 Å². The van der Waals surface area contributed by atoms with Crippen LogP contribution in [-0.4, -0.2) is 16.9 Å². The molecule has 4 nitrogen and oxygen atoms in total. The molecular formula is C19H24N4S. The molecule has 24 heavy (non-hydrogen) atoms. The third-order valence-electron chi connectivity index (χ3n) is 4.43. The lowest BCUT2D eigenvalue weighted by molar-refractivity contribution is 0.577. The van der Waals surface area contributed by atoms with E-state index in [4.69, 9.17) is 10.7 Å². The van der Waals surface area contributed by atoms with Gasteiger partial charge in [-0.1, -0.05) is 31.7 Å². The highest BCUT2D eigenvalue weighted by atomic mass is 32.1. The fourth-order valence-corrected chi connectivity index (χ4v) is 4.11. The van der Waals surface area contributed by atoms with Crippen LogP contribution in [0.25, 0.3) is 0 Å². The lowest BCUT2D eigenvalue weighted by atomic mass is 9.97. The molecule has 1 atom stereocenters. The number of hydrogen-bond donors (Lipinski definition) is 2. The molecule has 126 valence electrons. The van der Waals surface area contributed by atoms with E-state index in [0.29, 0.717) is 5.13 Å². The Morgan fingerprint density at radius 3 is 3.08 bits per heavy atom. The highest BCUT2D eigenvalue weighted by molar-refractivity contribution is 7.15. The molecule has 1 unspecified atom stereocenters. The van der Waals surface area contributed by atoms with Crippen LogP contribution >= 0.6 is 11.3 Å². The summed E-state index contributed by atoms with van der Waals surface area (Å²) < 4.78 is 0. The van der Waals surface area contributed by atoms with Gasteiger partial charge >= 0.3 is 0 Å². The molecule has 0 saturated carbocycles. The molecule has 1 heterocycles. The van der Waals surface area contributed by atoms with Crippen LogP contribution < -0.4 is 11.1 Å². The Kier molecular flexibility index (Phi) is 5.00. The van der Waals surface area contributed by atoms with Crippen LogP contribution in [0.2, 0.25) is 0 Å². The minimum atomic E-state index is 0.255. The van der Waals surface area contributed by atoms with Crippen molar-refractivity contribution < 1.29 is 0 Å². The van der Waals surface area contributed by atoms with E-state index < -0.39 is 0 Å². The number of thiazole rings is 1. The molecule has 0 amide bonds. The maximum absolute atomic E-state index is 5.84. The largest absolute Gasteiger partial charge is 0.375 e. The fraction of sp³-hybridized carbons (Fsp3) is 0.368. The molecule has 0 spiro atoms. The fourth-order valence-electron chi connectivity index (χ4n) is 3.16. The Bertz CT molecular complexity index is 776. The van der Waals surface area contributed by atoms with Crippen molar-refractivity contribution in [2.45, 2.75) is 45.6 Å². The first kappa shape index (κ1) is 16.7. The number of amidine groups is 1. The van der Waals surface area contributed by atoms with Gasteiger partial charge in [-0.2, -0.15) is 0 Å². The number of benzene rings is 1. The number of aryl methyl sites for hydroxylation is 3. The summed E-state index contributed by atoms with van der Waals surface area (Å²) in [5.74, 6) is 0.899. The Morgan fingerprint density at radius 2 is 2.38 bits per heavy atom. The van der Waals surface area contributed by atoms with E-state index >= 15 is 0 Å². The van der Waals surface area contributed by atoms with Crippen molar-refractivity contribution >= 4 is 22.3 Å². The number of rotatable bonds is 4. The van der Waals surface area contributed by atoms with Gasteiger partial charge in [-0.15, -0.1) is 11.3 Å². The van der Waals surface area contributed by atoms with Crippen LogP contribution in [-0.2, 0) is 19.3 Å². The second kappa shape index (κ2) is 7.18. The average Bonchev–Trinajstić information content (AvgIpc) is 2.93. The Balaban J connectivity index is 1.88. The molecule has 0 radical (unpaired) electrons. The maximum atomic E-state index is 5.84. The first-order valence-electron chi connectivity index (χ1n) is 8.40. The van der Waals surface area contributed by atoms with Gasteiger partial charge in [0.1, 0.15) is 5.84 Å². The predicted octanol–water partition coefficient (Wildman–Crippen LogP) is 3.63. The lowest BCUT2D eigenvalue weighted by Crippen LogP contribution is -2.25. The van der Waals surface area contributed by atoms with E-state index in [-0.39, 0.29) is 6.04 Å². The van der Waals surface area contributed by atoms with E-state index in [0.717, 1.165) is 42.8 Å². The van der Waals surface area contributed by atoms with Gasteiger partial charge in [-0.05, 0) is 43.5 Å². The minimum Gasteiger partial charge on any atom is -0.375 e. The zero-order chi connectivity index (χ0) is 17.1. The van der Waals surface area contributed by atoms with Gasteiger partial charge in [0.25, 0.3) is 0 Å². The van der Waals surface area contributed by atoms with Crippen molar-refractivity contribution in [1.29, 1.82) is 0 Å². The highest BCUT2D eigenvalue weighted by Gasteiger charge is 2.22. The quantitative estimate of drug-likeness (QED) is 0.660. The number of nitrogens with zero attached hydrogens (tertiary/aromatic N) is 2. The van der Waals surface area contributed by atoms with Crippen molar-refractivity contribution in [2.24, 2.45) is 4.99 Å². The number of anilines is 1. The maximum Gasteiger partial charge on any atom is 0.180 e. The van der Waals surface area contributed by atoms with E-state index in [1.165, 1.54) is 16.0 Å². The van der Waals surface area contributed by atoms with Crippen molar-refractivity contribution in [3.05, 3.63) is 58.2 Å². The van der Waals surface area contributed by atoms with Gasteiger partial charge in [0.15, 0.2) is 5.13 Å². The summed E-state index contributed by atoms with van der Waals surface area (Å²) in [5.41, 5.74) is 10.7. The van der Waals surface area contributed by atoms with E-state index in [1.54, 1.807) is 17.5 Å². The van der Waals surface area contributed by atoms with E-state index in [9.17, 15) is 0 Å². The third-order valence-corrected chi connectivity index (χ3v) is 5.38. The molecule has 3 N–H and O–H groups in total. The van der Waals surface area contributed by atoms with Crippen molar-refractivity contribution in [1.82, 2.24) is 10.3 Å². The molecular weight excluding hydrogens is 316 g/mol. The average molecular weight is 340 g/mol. The molecule has 0 fully saturated rings. The number of nitrogens with one attached hydrogen (secondary N) is 1. The summed E-state index contributed by atoms with van der Waals surface area (Å²) >= 11 is 1.60. The number of hydrogen-bond acceptors (Lipinski definition) is 4. The zero-order valence-electron chi connectivity index (χ0n) is 14.3. The van der Waals surface area contributed by atoms with E-state index in [1.807, 2.05) is 0 Å². The second-order valence-corrected chi connectivity index (χ2v) is 7.26. The van der Waals surface area contributed by atoms with Gasteiger partial charge in [0.05, 0.1) is 11.7 Å². The summed E-state index contributed by atoms with van der Waals surface area (Å²) in [6.07, 6.45) is 5.61. The lowest BCUT2D eigenvalue weighted by Gasteiger charge is -2.20. The number of nitrogens with two attached hydrogens (primary N) is 1. The van der Waals surface area contributed by atoms with Gasteiger partial charge in [0, 0.05) is 16.9 Å². The molecule has 1 aliphatic rings. The number of aromatic nitrogens is 1.